The molecule has 12 heteroatoms. The molecule has 3 N–H and O–H groups in total. The van der Waals surface area contributed by atoms with Gasteiger partial charge in [-0.05, 0) is 18.2 Å². The number of halogens is 3. The van der Waals surface area contributed by atoms with E-state index in [9.17, 15) is 26.4 Å². The number of carbonyl (C=O) groups is 1. The molecule has 1 aliphatic rings. The van der Waals surface area contributed by atoms with E-state index in [2.05, 4.69) is 20.3 Å². The number of anilines is 2. The Hall–Kier alpha value is -2.96. The van der Waals surface area contributed by atoms with Gasteiger partial charge in [-0.2, -0.15) is 4.72 Å². The van der Waals surface area contributed by atoms with Crippen molar-refractivity contribution in [3.63, 3.8) is 0 Å². The molecule has 29 heavy (non-hydrogen) atoms. The van der Waals surface area contributed by atoms with Crippen LogP contribution in [-0.4, -0.2) is 19.3 Å². The van der Waals surface area contributed by atoms with Gasteiger partial charge in [0.05, 0.1) is 16.9 Å². The van der Waals surface area contributed by atoms with E-state index in [-0.39, 0.29) is 21.8 Å². The van der Waals surface area contributed by atoms with E-state index in [1.54, 1.807) is 10.9 Å². The van der Waals surface area contributed by atoms with Crippen LogP contribution < -0.4 is 15.4 Å². The van der Waals surface area contributed by atoms with E-state index < -0.39 is 39.5 Å². The lowest BCUT2D eigenvalue weighted by Crippen LogP contribution is -2.38. The van der Waals surface area contributed by atoms with Crippen molar-refractivity contribution >= 4 is 38.6 Å². The van der Waals surface area contributed by atoms with Crippen molar-refractivity contribution in [3.8, 4) is 0 Å². The molecular formula is C17H11F3N4O3S2. The average molecular weight is 440 g/mol. The molecule has 2 aromatic carbocycles. The van der Waals surface area contributed by atoms with Crippen LogP contribution in [0.5, 0.6) is 0 Å². The number of carbonyl (C=O) groups excluding carboxylic acids is 1. The lowest BCUT2D eigenvalue weighted by molar-refractivity contribution is 0.102. The minimum atomic E-state index is -3.96. The van der Waals surface area contributed by atoms with Gasteiger partial charge in [0, 0.05) is 28.8 Å². The molecule has 1 aromatic heterocycles. The summed E-state index contributed by atoms with van der Waals surface area (Å²) in [6.45, 7) is 0. The smallest absolute Gasteiger partial charge is 0.255 e. The van der Waals surface area contributed by atoms with Crippen molar-refractivity contribution < 1.29 is 26.4 Å². The van der Waals surface area contributed by atoms with Crippen molar-refractivity contribution in [2.75, 3.05) is 10.6 Å². The van der Waals surface area contributed by atoms with Crippen LogP contribution in [0.1, 0.15) is 22.2 Å². The normalized spacial score (nSPS) is 17.3. The Kier molecular flexibility index (Phi) is 4.76. The fraction of sp³-hybridized carbons (Fsp3) is 0.0588. The van der Waals surface area contributed by atoms with Gasteiger partial charge < -0.3 is 10.6 Å². The summed E-state index contributed by atoms with van der Waals surface area (Å²) < 4.78 is 67.2. The fourth-order valence-electron chi connectivity index (χ4n) is 2.74. The van der Waals surface area contributed by atoms with E-state index in [1.165, 1.54) is 23.5 Å². The summed E-state index contributed by atoms with van der Waals surface area (Å²) >= 11 is 1.31. The number of rotatable bonds is 3. The number of hydrogen-bond donors (Lipinski definition) is 3. The predicted octanol–water partition coefficient (Wildman–Crippen LogP) is 3.22. The van der Waals surface area contributed by atoms with Crippen molar-refractivity contribution in [2.24, 2.45) is 0 Å². The number of nitrogens with zero attached hydrogens (tertiary/aromatic N) is 1. The van der Waals surface area contributed by atoms with Crippen LogP contribution in [0.4, 0.5) is 24.5 Å². The maximum Gasteiger partial charge on any atom is 0.255 e. The van der Waals surface area contributed by atoms with Gasteiger partial charge in [0.15, 0.2) is 17.5 Å². The van der Waals surface area contributed by atoms with Gasteiger partial charge >= 0.3 is 0 Å². The van der Waals surface area contributed by atoms with Gasteiger partial charge in [0.1, 0.15) is 11.1 Å². The third kappa shape index (κ3) is 3.69. The molecule has 1 amide bonds. The molecule has 0 radical (unpaired) electrons. The summed E-state index contributed by atoms with van der Waals surface area (Å²) in [6, 6.07) is 5.09. The second kappa shape index (κ2) is 7.13. The van der Waals surface area contributed by atoms with E-state index in [0.29, 0.717) is 17.8 Å². The monoisotopic (exact) mass is 440 g/mol. The fourth-order valence-corrected chi connectivity index (χ4v) is 4.63. The lowest BCUT2D eigenvalue weighted by atomic mass is 10.1. The van der Waals surface area contributed by atoms with E-state index in [1.807, 2.05) is 0 Å². The standard InChI is InChI=1S/C17H11F3N4O3S2/c18-10-4-9(5-11(19)15(10)20)22-17(25)8-1-2-12-14(3-8)29(26,27)24-16(23-12)13-6-28-7-21-13/h1-7,16,23-24H,(H,22,25). The van der Waals surface area contributed by atoms with Crippen LogP contribution in [0.15, 0.2) is 46.1 Å². The van der Waals surface area contributed by atoms with Gasteiger partial charge in [-0.15, -0.1) is 11.3 Å². The third-order valence-electron chi connectivity index (χ3n) is 4.10. The summed E-state index contributed by atoms with van der Waals surface area (Å²) in [5, 5.41) is 6.86. The Labute approximate surface area is 166 Å². The summed E-state index contributed by atoms with van der Waals surface area (Å²) in [5.74, 6) is -5.41. The zero-order valence-electron chi connectivity index (χ0n) is 14.2. The number of fused-ring (bicyclic) bond motifs is 1. The Morgan fingerprint density at radius 3 is 2.52 bits per heavy atom. The van der Waals surface area contributed by atoms with Crippen molar-refractivity contribution in [3.05, 3.63) is 69.9 Å². The Morgan fingerprint density at radius 1 is 1.14 bits per heavy atom. The highest BCUT2D eigenvalue weighted by Crippen LogP contribution is 2.32. The van der Waals surface area contributed by atoms with Gasteiger partial charge in [-0.3, -0.25) is 4.79 Å². The van der Waals surface area contributed by atoms with Crippen LogP contribution in [0.3, 0.4) is 0 Å². The minimum absolute atomic E-state index is 0.0758. The first-order chi connectivity index (χ1) is 13.7. The van der Waals surface area contributed by atoms with E-state index in [4.69, 9.17) is 0 Å². The molecule has 3 aromatic rings. The first kappa shape index (κ1) is 19.4. The molecule has 1 aliphatic heterocycles. The van der Waals surface area contributed by atoms with Crippen LogP contribution in [0, 0.1) is 17.5 Å². The van der Waals surface area contributed by atoms with Gasteiger partial charge in [0.2, 0.25) is 10.0 Å². The minimum Gasteiger partial charge on any atom is -0.363 e. The van der Waals surface area contributed by atoms with Crippen molar-refractivity contribution in [2.45, 2.75) is 11.1 Å². The predicted molar refractivity (Wildman–Crippen MR) is 99.5 cm³/mol. The molecule has 0 spiro atoms. The van der Waals surface area contributed by atoms with E-state index in [0.717, 1.165) is 6.07 Å². The summed E-state index contributed by atoms with van der Waals surface area (Å²) in [5.41, 5.74) is 1.93. The molecule has 150 valence electrons. The van der Waals surface area contributed by atoms with Crippen LogP contribution in [0.25, 0.3) is 0 Å². The maximum absolute atomic E-state index is 13.3. The highest BCUT2D eigenvalue weighted by atomic mass is 32.2. The molecular weight excluding hydrogens is 429 g/mol. The molecule has 0 aliphatic carbocycles. The first-order valence-corrected chi connectivity index (χ1v) is 10.4. The summed E-state index contributed by atoms with van der Waals surface area (Å²) in [6.07, 6.45) is -0.761. The Bertz CT molecular complexity index is 1190. The molecule has 2 heterocycles. The molecule has 4 rings (SSSR count). The molecule has 0 bridgehead atoms. The highest BCUT2D eigenvalue weighted by Gasteiger charge is 2.31. The number of amides is 1. The molecule has 0 saturated heterocycles. The van der Waals surface area contributed by atoms with Gasteiger partial charge in [0.25, 0.3) is 5.91 Å². The zero-order valence-corrected chi connectivity index (χ0v) is 15.9. The van der Waals surface area contributed by atoms with Gasteiger partial charge in [-0.1, -0.05) is 0 Å². The molecule has 1 atom stereocenters. The van der Waals surface area contributed by atoms with Crippen LogP contribution in [-0.2, 0) is 10.0 Å². The van der Waals surface area contributed by atoms with E-state index >= 15 is 0 Å². The molecule has 0 saturated carbocycles. The topological polar surface area (TPSA) is 100 Å². The Morgan fingerprint density at radius 2 is 1.86 bits per heavy atom. The van der Waals surface area contributed by atoms with Gasteiger partial charge in [-0.25, -0.2) is 26.6 Å². The maximum atomic E-state index is 13.3. The van der Waals surface area contributed by atoms with Crippen LogP contribution >= 0.6 is 11.3 Å². The lowest BCUT2D eigenvalue weighted by Gasteiger charge is -2.27. The number of nitrogens with one attached hydrogen (secondary N) is 3. The summed E-state index contributed by atoms with van der Waals surface area (Å²) in [4.78, 5) is 16.3. The zero-order chi connectivity index (χ0) is 20.8. The third-order valence-corrected chi connectivity index (χ3v) is 6.16. The quantitative estimate of drug-likeness (QED) is 0.543. The molecule has 7 nitrogen and oxygen atoms in total. The molecule has 1 unspecified atom stereocenters. The second-order valence-electron chi connectivity index (χ2n) is 6.03. The largest absolute Gasteiger partial charge is 0.363 e. The van der Waals surface area contributed by atoms with Crippen molar-refractivity contribution in [1.29, 1.82) is 0 Å². The Balaban J connectivity index is 1.62. The number of benzene rings is 2. The number of thiazole rings is 1. The number of sulfonamides is 1. The number of hydrogen-bond acceptors (Lipinski definition) is 6. The SMILES string of the molecule is O=C(Nc1cc(F)c(F)c(F)c1)c1ccc2c(c1)S(=O)(=O)NC(c1cscn1)N2. The second-order valence-corrected chi connectivity index (χ2v) is 8.43. The van der Waals surface area contributed by atoms with Crippen LogP contribution in [0.2, 0.25) is 0 Å². The van der Waals surface area contributed by atoms with Crippen molar-refractivity contribution in [1.82, 2.24) is 9.71 Å². The molecule has 0 fully saturated rings. The highest BCUT2D eigenvalue weighted by molar-refractivity contribution is 7.89. The summed E-state index contributed by atoms with van der Waals surface area (Å²) in [7, 11) is -3.96. The number of aromatic nitrogens is 1. The average Bonchev–Trinajstić information content (AvgIpc) is 3.20. The first-order valence-electron chi connectivity index (χ1n) is 8.01.